The van der Waals surface area contributed by atoms with Crippen LogP contribution in [0, 0.1) is 9.62 Å². The number of ether oxygens (including phenoxy) is 2. The highest BCUT2D eigenvalue weighted by atomic mass is 127. The fourth-order valence-electron chi connectivity index (χ4n) is 3.58. The fourth-order valence-corrected chi connectivity index (χ4v) is 4.74. The number of nitrogens with zero attached hydrogens (tertiary/aromatic N) is 3. The Morgan fingerprint density at radius 3 is 2.83 bits per heavy atom. The molecule has 1 saturated carbocycles. The van der Waals surface area contributed by atoms with Gasteiger partial charge in [-0.25, -0.2) is 14.8 Å². The molecule has 3 aromatic rings. The molecule has 0 N–H and O–H groups in total. The van der Waals surface area contributed by atoms with Gasteiger partial charge in [0.25, 0.3) is 6.47 Å². The van der Waals surface area contributed by atoms with Crippen molar-refractivity contribution in [1.82, 2.24) is 14.4 Å². The smallest absolute Gasteiger partial charge is 0.352 e. The first-order valence-corrected chi connectivity index (χ1v) is 10.5. The van der Waals surface area contributed by atoms with Crippen molar-refractivity contribution in [3.63, 3.8) is 0 Å². The van der Waals surface area contributed by atoms with E-state index in [0.717, 1.165) is 27.9 Å². The second-order valence-electron chi connectivity index (χ2n) is 6.88. The van der Waals surface area contributed by atoms with Crippen molar-refractivity contribution in [1.29, 1.82) is 0 Å². The van der Waals surface area contributed by atoms with E-state index in [4.69, 9.17) is 21.1 Å². The third-order valence-corrected chi connectivity index (χ3v) is 6.09. The molecule has 0 saturated heterocycles. The number of rotatable bonds is 7. The maximum absolute atomic E-state index is 12.4. The number of aromatic nitrogens is 3. The summed E-state index contributed by atoms with van der Waals surface area (Å²) in [5.74, 6) is 0.886. The number of hydrogen-bond acceptors (Lipinski definition) is 6. The number of benzene rings is 1. The first kappa shape index (κ1) is 20.1. The summed E-state index contributed by atoms with van der Waals surface area (Å²) in [5, 5.41) is 0.433. The Kier molecular flexibility index (Phi) is 6.00. The average molecular weight is 526 g/mol. The molecule has 0 spiro atoms. The molecule has 1 atom stereocenters. The maximum Gasteiger partial charge on any atom is 0.352 e. The Balaban J connectivity index is 1.36. The molecule has 7 nitrogen and oxygen atoms in total. The molecule has 4 rings (SSSR count). The second kappa shape index (κ2) is 8.66. The number of carbonyl (C=O) groups is 2. The van der Waals surface area contributed by atoms with E-state index in [1.54, 1.807) is 30.5 Å². The number of esters is 1. The monoisotopic (exact) mass is 525 g/mol. The normalized spacial score (nSPS) is 19.4. The summed E-state index contributed by atoms with van der Waals surface area (Å²) in [6.07, 6.45) is 4.18. The molecule has 0 unspecified atom stereocenters. The van der Waals surface area contributed by atoms with Crippen molar-refractivity contribution in [2.75, 3.05) is 6.61 Å². The van der Waals surface area contributed by atoms with E-state index in [2.05, 4.69) is 32.6 Å². The molecule has 29 heavy (non-hydrogen) atoms. The molecule has 2 aromatic heterocycles. The number of hydrogen-bond donors (Lipinski definition) is 0. The van der Waals surface area contributed by atoms with Crippen LogP contribution in [0.1, 0.15) is 36.3 Å². The van der Waals surface area contributed by atoms with E-state index < -0.39 is 12.1 Å². The van der Waals surface area contributed by atoms with Crippen molar-refractivity contribution in [2.45, 2.75) is 24.9 Å². The first-order chi connectivity index (χ1) is 14.1. The van der Waals surface area contributed by atoms with E-state index in [-0.39, 0.29) is 24.9 Å². The van der Waals surface area contributed by atoms with Gasteiger partial charge in [-0.15, -0.1) is 0 Å². The minimum absolute atomic E-state index is 0.235. The molecular weight excluding hydrogens is 509 g/mol. The number of carbonyl (C=O) groups excluding carboxylic acids is 2. The van der Waals surface area contributed by atoms with Crippen LogP contribution in [-0.4, -0.2) is 33.4 Å². The van der Waals surface area contributed by atoms with E-state index in [1.807, 2.05) is 16.7 Å². The average Bonchev–Trinajstić information content (AvgIpc) is 3.03. The zero-order valence-electron chi connectivity index (χ0n) is 15.2. The number of fused-ring (bicyclic) bond motifs is 1. The third-order valence-electron chi connectivity index (χ3n) is 5.07. The number of imidazole rings is 1. The lowest BCUT2D eigenvalue weighted by Gasteiger charge is -2.34. The van der Waals surface area contributed by atoms with Crippen LogP contribution in [0.25, 0.3) is 5.52 Å². The highest BCUT2D eigenvalue weighted by Crippen LogP contribution is 2.42. The number of halogens is 2. The van der Waals surface area contributed by atoms with Gasteiger partial charge < -0.3 is 9.47 Å². The molecule has 0 radical (unpaired) electrons. The van der Waals surface area contributed by atoms with Gasteiger partial charge in [0, 0.05) is 23.9 Å². The molecule has 2 heterocycles. The predicted molar refractivity (Wildman–Crippen MR) is 113 cm³/mol. The van der Waals surface area contributed by atoms with Gasteiger partial charge in [-0.3, -0.25) is 9.20 Å². The summed E-state index contributed by atoms with van der Waals surface area (Å²) in [6.45, 7) is 0.549. The Bertz CT molecular complexity index is 1040. The summed E-state index contributed by atoms with van der Waals surface area (Å²) in [4.78, 5) is 31.9. The van der Waals surface area contributed by atoms with E-state index in [9.17, 15) is 9.59 Å². The standard InChI is InChI=1S/C20H17ClIN3O4/c21-17-15-18(22)24-19(25(15)7-6-23-17)14-8-12(9-14)10-28-20(27)16(29-11-26)13-4-2-1-3-5-13/h1-7,11-12,14,16H,8-10H2/t12-,14+,16-/m1/s1. The molecule has 0 aliphatic heterocycles. The summed E-state index contributed by atoms with van der Waals surface area (Å²) in [5.41, 5.74) is 1.40. The quantitative estimate of drug-likeness (QED) is 0.264. The highest BCUT2D eigenvalue weighted by Gasteiger charge is 2.35. The molecule has 1 aliphatic rings. The largest absolute Gasteiger partial charge is 0.462 e. The van der Waals surface area contributed by atoms with Gasteiger partial charge >= 0.3 is 5.97 Å². The Labute approximate surface area is 185 Å². The third kappa shape index (κ3) is 4.09. The van der Waals surface area contributed by atoms with Crippen LogP contribution in [0.4, 0.5) is 0 Å². The minimum atomic E-state index is -1.04. The van der Waals surface area contributed by atoms with Crippen molar-refractivity contribution in [2.24, 2.45) is 5.92 Å². The second-order valence-corrected chi connectivity index (χ2v) is 8.26. The molecule has 1 fully saturated rings. The van der Waals surface area contributed by atoms with E-state index >= 15 is 0 Å². The molecule has 150 valence electrons. The van der Waals surface area contributed by atoms with Crippen LogP contribution in [0.2, 0.25) is 5.15 Å². The minimum Gasteiger partial charge on any atom is -0.462 e. The van der Waals surface area contributed by atoms with Crippen molar-refractivity contribution >= 4 is 52.2 Å². The predicted octanol–water partition coefficient (Wildman–Crippen LogP) is 3.94. The lowest BCUT2D eigenvalue weighted by molar-refractivity contribution is -0.164. The Morgan fingerprint density at radius 1 is 1.34 bits per heavy atom. The van der Waals surface area contributed by atoms with Crippen LogP contribution >= 0.6 is 34.2 Å². The zero-order valence-corrected chi connectivity index (χ0v) is 18.1. The van der Waals surface area contributed by atoms with Crippen LogP contribution in [0.5, 0.6) is 0 Å². The van der Waals surface area contributed by atoms with Crippen LogP contribution in [0.15, 0.2) is 42.7 Å². The lowest BCUT2D eigenvalue weighted by Crippen LogP contribution is -2.30. The molecule has 0 amide bonds. The maximum atomic E-state index is 12.4. The van der Waals surface area contributed by atoms with Crippen LogP contribution in [0.3, 0.4) is 0 Å². The lowest BCUT2D eigenvalue weighted by atomic mass is 9.75. The topological polar surface area (TPSA) is 82.8 Å². The molecule has 0 bridgehead atoms. The van der Waals surface area contributed by atoms with Gasteiger partial charge in [0.15, 0.2) is 5.15 Å². The van der Waals surface area contributed by atoms with Crippen molar-refractivity contribution < 1.29 is 19.1 Å². The summed E-state index contributed by atoms with van der Waals surface area (Å²) in [6, 6.07) is 8.82. The van der Waals surface area contributed by atoms with Crippen LogP contribution < -0.4 is 0 Å². The van der Waals surface area contributed by atoms with Crippen molar-refractivity contribution in [3.05, 3.63) is 63.0 Å². The fraction of sp³-hybridized carbons (Fsp3) is 0.300. The Morgan fingerprint density at radius 2 is 2.10 bits per heavy atom. The van der Waals surface area contributed by atoms with Gasteiger partial charge in [-0.05, 0) is 41.4 Å². The summed E-state index contributed by atoms with van der Waals surface area (Å²) in [7, 11) is 0. The van der Waals surface area contributed by atoms with Gasteiger partial charge in [0.05, 0.1) is 6.61 Å². The van der Waals surface area contributed by atoms with Crippen molar-refractivity contribution in [3.8, 4) is 0 Å². The first-order valence-electron chi connectivity index (χ1n) is 9.07. The Hall–Kier alpha value is -2.20. The van der Waals surface area contributed by atoms with E-state index in [1.165, 1.54) is 0 Å². The van der Waals surface area contributed by atoms with Gasteiger partial charge in [-0.1, -0.05) is 41.9 Å². The summed E-state index contributed by atoms with van der Waals surface area (Å²) < 4.78 is 13.2. The zero-order chi connectivity index (χ0) is 20.4. The molecular formula is C20H17ClIN3O4. The molecule has 1 aliphatic carbocycles. The molecule has 1 aromatic carbocycles. The van der Waals surface area contributed by atoms with Gasteiger partial charge in [0.1, 0.15) is 15.0 Å². The SMILES string of the molecule is O=CO[C@@H](C(=O)OC[C@H]1C[C@@H](c2nc(I)c3c(Cl)nccn32)C1)c1ccccc1. The highest BCUT2D eigenvalue weighted by molar-refractivity contribution is 14.1. The van der Waals surface area contributed by atoms with Crippen LogP contribution in [-0.2, 0) is 19.1 Å². The molecule has 9 heteroatoms. The van der Waals surface area contributed by atoms with Gasteiger partial charge in [-0.2, -0.15) is 0 Å². The van der Waals surface area contributed by atoms with Gasteiger partial charge in [0.2, 0.25) is 6.10 Å². The van der Waals surface area contributed by atoms with E-state index in [0.29, 0.717) is 10.7 Å². The summed E-state index contributed by atoms with van der Waals surface area (Å²) >= 11 is 8.35.